The summed E-state index contributed by atoms with van der Waals surface area (Å²) >= 11 is 0. The Hall–Kier alpha value is -2.23. The summed E-state index contributed by atoms with van der Waals surface area (Å²) in [6.45, 7) is 4.03. The zero-order chi connectivity index (χ0) is 13.8. The Balaban J connectivity index is 2.41. The van der Waals surface area contributed by atoms with Gasteiger partial charge < -0.3 is 14.0 Å². The van der Waals surface area contributed by atoms with Crippen LogP contribution in [0.2, 0.25) is 0 Å². The Bertz CT molecular complexity index is 573. The third-order valence-corrected chi connectivity index (χ3v) is 2.82. The first kappa shape index (κ1) is 13.2. The number of carbonyl (C=O) groups is 1. The third-order valence-electron chi connectivity index (χ3n) is 2.82. The van der Waals surface area contributed by atoms with Gasteiger partial charge in [-0.3, -0.25) is 0 Å². The minimum atomic E-state index is -0.680. The first-order valence-corrected chi connectivity index (χ1v) is 6.19. The molecule has 1 heterocycles. The van der Waals surface area contributed by atoms with Crippen molar-refractivity contribution < 1.29 is 14.3 Å². The average Bonchev–Trinajstić information content (AvgIpc) is 2.65. The number of hydrogen-bond donors (Lipinski definition) is 0. The SMILES string of the molecule is CCOC(=O)Oc1c(-c2ccccc2)c(C)cn1C. The molecule has 19 heavy (non-hydrogen) atoms. The minimum absolute atomic E-state index is 0.295. The molecule has 4 nitrogen and oxygen atoms in total. The third kappa shape index (κ3) is 2.78. The number of ether oxygens (including phenoxy) is 2. The molecule has 100 valence electrons. The quantitative estimate of drug-likeness (QED) is 0.792. The Labute approximate surface area is 112 Å². The highest BCUT2D eigenvalue weighted by Gasteiger charge is 2.18. The van der Waals surface area contributed by atoms with Crippen molar-refractivity contribution in [3.8, 4) is 17.0 Å². The predicted molar refractivity (Wildman–Crippen MR) is 73.2 cm³/mol. The zero-order valence-corrected chi connectivity index (χ0v) is 11.3. The lowest BCUT2D eigenvalue weighted by atomic mass is 10.1. The van der Waals surface area contributed by atoms with Crippen molar-refractivity contribution in [2.75, 3.05) is 6.61 Å². The van der Waals surface area contributed by atoms with Gasteiger partial charge in [0.05, 0.1) is 6.61 Å². The van der Waals surface area contributed by atoms with Crippen molar-refractivity contribution in [2.45, 2.75) is 13.8 Å². The van der Waals surface area contributed by atoms with Crippen LogP contribution in [-0.2, 0) is 11.8 Å². The first-order chi connectivity index (χ1) is 9.13. The Morgan fingerprint density at radius 3 is 2.58 bits per heavy atom. The highest BCUT2D eigenvalue weighted by molar-refractivity contribution is 5.76. The zero-order valence-electron chi connectivity index (χ0n) is 11.3. The molecule has 0 radical (unpaired) electrons. The topological polar surface area (TPSA) is 40.5 Å². The van der Waals surface area contributed by atoms with Crippen molar-refractivity contribution in [3.05, 3.63) is 42.1 Å². The van der Waals surface area contributed by atoms with Crippen molar-refractivity contribution in [1.82, 2.24) is 4.57 Å². The molecule has 1 aromatic heterocycles. The number of rotatable bonds is 3. The number of aryl methyl sites for hydroxylation is 2. The Morgan fingerprint density at radius 1 is 1.26 bits per heavy atom. The largest absolute Gasteiger partial charge is 0.515 e. The van der Waals surface area contributed by atoms with Gasteiger partial charge in [0.1, 0.15) is 0 Å². The lowest BCUT2D eigenvalue weighted by Crippen LogP contribution is -2.12. The van der Waals surface area contributed by atoms with Gasteiger partial charge in [-0.15, -0.1) is 0 Å². The second kappa shape index (κ2) is 5.61. The molecule has 0 amide bonds. The van der Waals surface area contributed by atoms with Crippen molar-refractivity contribution in [1.29, 1.82) is 0 Å². The van der Waals surface area contributed by atoms with Gasteiger partial charge in [-0.2, -0.15) is 0 Å². The summed E-state index contributed by atoms with van der Waals surface area (Å²) in [5, 5.41) is 0. The van der Waals surface area contributed by atoms with E-state index < -0.39 is 6.16 Å². The lowest BCUT2D eigenvalue weighted by Gasteiger charge is -2.08. The fraction of sp³-hybridized carbons (Fsp3) is 0.267. The van der Waals surface area contributed by atoms with Crippen LogP contribution in [0.5, 0.6) is 5.88 Å². The van der Waals surface area contributed by atoms with Crippen LogP contribution in [0.15, 0.2) is 36.5 Å². The molecule has 0 N–H and O–H groups in total. The van der Waals surface area contributed by atoms with E-state index >= 15 is 0 Å². The van der Waals surface area contributed by atoms with Crippen LogP contribution in [0.1, 0.15) is 12.5 Å². The highest BCUT2D eigenvalue weighted by atomic mass is 16.7. The normalized spacial score (nSPS) is 10.3. The van der Waals surface area contributed by atoms with Crippen molar-refractivity contribution in [3.63, 3.8) is 0 Å². The van der Waals surface area contributed by atoms with E-state index in [0.29, 0.717) is 12.5 Å². The molecule has 0 saturated heterocycles. The van der Waals surface area contributed by atoms with Crippen molar-refractivity contribution >= 4 is 6.16 Å². The molecule has 0 saturated carbocycles. The summed E-state index contributed by atoms with van der Waals surface area (Å²) in [5.74, 6) is 0.502. The van der Waals surface area contributed by atoms with Gasteiger partial charge in [0.25, 0.3) is 0 Å². The minimum Gasteiger partial charge on any atom is -0.434 e. The summed E-state index contributed by atoms with van der Waals surface area (Å²) in [5.41, 5.74) is 2.98. The van der Waals surface area contributed by atoms with Crippen LogP contribution in [0.4, 0.5) is 4.79 Å². The molecule has 0 fully saturated rings. The highest BCUT2D eigenvalue weighted by Crippen LogP contribution is 2.34. The van der Waals surface area contributed by atoms with Crippen LogP contribution in [0.3, 0.4) is 0 Å². The van der Waals surface area contributed by atoms with Crippen molar-refractivity contribution in [2.24, 2.45) is 7.05 Å². The van der Waals surface area contributed by atoms with Gasteiger partial charge in [0.15, 0.2) is 0 Å². The Kier molecular flexibility index (Phi) is 3.90. The average molecular weight is 259 g/mol. The summed E-state index contributed by atoms with van der Waals surface area (Å²) in [4.78, 5) is 11.5. The molecule has 1 aromatic carbocycles. The fourth-order valence-electron chi connectivity index (χ4n) is 2.06. The molecule has 0 bridgehead atoms. The maximum atomic E-state index is 11.5. The van der Waals surface area contributed by atoms with Gasteiger partial charge in [-0.25, -0.2) is 4.79 Å². The van der Waals surface area contributed by atoms with Crippen LogP contribution >= 0.6 is 0 Å². The molecule has 0 spiro atoms. The standard InChI is InChI=1S/C15H17NO3/c1-4-18-15(17)19-14-13(11(2)10-16(14)3)12-8-6-5-7-9-12/h5-10H,4H2,1-3H3. The number of carbonyl (C=O) groups excluding carboxylic acids is 1. The number of aromatic nitrogens is 1. The monoisotopic (exact) mass is 259 g/mol. The van der Waals surface area contributed by atoms with Crippen LogP contribution in [0.25, 0.3) is 11.1 Å². The summed E-state index contributed by atoms with van der Waals surface area (Å²) in [7, 11) is 1.84. The molecule has 2 aromatic rings. The van der Waals surface area contributed by atoms with Gasteiger partial charge in [-0.05, 0) is 25.0 Å². The molecule has 4 heteroatoms. The van der Waals surface area contributed by atoms with Gasteiger partial charge in [0, 0.05) is 18.8 Å². The van der Waals surface area contributed by atoms with Gasteiger partial charge >= 0.3 is 6.16 Å². The number of benzene rings is 1. The van der Waals surface area contributed by atoms with E-state index in [4.69, 9.17) is 9.47 Å². The van der Waals surface area contributed by atoms with Gasteiger partial charge in [0.2, 0.25) is 5.88 Å². The summed E-state index contributed by atoms with van der Waals surface area (Å²) in [6, 6.07) is 9.83. The predicted octanol–water partition coefficient (Wildman–Crippen LogP) is 3.54. The van der Waals surface area contributed by atoms with Gasteiger partial charge in [-0.1, -0.05) is 30.3 Å². The smallest absolute Gasteiger partial charge is 0.434 e. The summed E-state index contributed by atoms with van der Waals surface area (Å²) < 4.78 is 11.9. The maximum Gasteiger partial charge on any atom is 0.515 e. The molecule has 0 atom stereocenters. The number of nitrogens with zero attached hydrogens (tertiary/aromatic N) is 1. The fourth-order valence-corrected chi connectivity index (χ4v) is 2.06. The second-order valence-electron chi connectivity index (χ2n) is 4.25. The van der Waals surface area contributed by atoms with E-state index in [1.165, 1.54) is 0 Å². The summed E-state index contributed by atoms with van der Waals surface area (Å²) in [6.07, 6.45) is 1.25. The first-order valence-electron chi connectivity index (χ1n) is 6.19. The Morgan fingerprint density at radius 2 is 1.95 bits per heavy atom. The van der Waals surface area contributed by atoms with E-state index in [1.807, 2.05) is 50.5 Å². The van der Waals surface area contributed by atoms with E-state index in [9.17, 15) is 4.79 Å². The lowest BCUT2D eigenvalue weighted by molar-refractivity contribution is 0.102. The van der Waals surface area contributed by atoms with E-state index in [-0.39, 0.29) is 0 Å². The molecular weight excluding hydrogens is 242 g/mol. The number of hydrogen-bond acceptors (Lipinski definition) is 3. The van der Waals surface area contributed by atoms with E-state index in [2.05, 4.69) is 0 Å². The molecule has 0 aliphatic carbocycles. The van der Waals surface area contributed by atoms with Crippen LogP contribution in [0, 0.1) is 6.92 Å². The van der Waals surface area contributed by atoms with Crippen LogP contribution in [-0.4, -0.2) is 17.3 Å². The molecule has 0 aliphatic rings. The molecule has 2 rings (SSSR count). The molecular formula is C15H17NO3. The second-order valence-corrected chi connectivity index (χ2v) is 4.25. The molecule has 0 aliphatic heterocycles. The van der Waals surface area contributed by atoms with E-state index in [0.717, 1.165) is 16.7 Å². The molecule has 0 unspecified atom stereocenters. The van der Waals surface area contributed by atoms with E-state index in [1.54, 1.807) is 11.5 Å². The van der Waals surface area contributed by atoms with Crippen LogP contribution < -0.4 is 4.74 Å². The maximum absolute atomic E-state index is 11.5.